The van der Waals surface area contributed by atoms with Gasteiger partial charge in [-0.2, -0.15) is 0 Å². The van der Waals surface area contributed by atoms with Gasteiger partial charge in [0.05, 0.1) is 23.2 Å². The lowest BCUT2D eigenvalue weighted by Gasteiger charge is -2.40. The number of ether oxygens (including phenoxy) is 2. The first-order valence-electron chi connectivity index (χ1n) is 13.1. The standard InChI is InChI=1S/C30H38N4O4/c1-20-25(27(28(35)36)38-29(2,3)4)26(34-14-11-30(5,6)12-15-34)23(18-32-20)24-10-9-22(17-33-24)37-19-21-8-7-13-31-16-21/h7-10,13,16-18,27H,11-12,14-15,19H2,1-6H3,(H,35,36)/t27-/m0/s1. The molecule has 0 unspecified atom stereocenters. The van der Waals surface area contributed by atoms with Gasteiger partial charge in [-0.05, 0) is 64.2 Å². The second-order valence-electron chi connectivity index (χ2n) is 11.6. The Hall–Kier alpha value is -3.52. The molecule has 4 rings (SSSR count). The number of carboxylic acids is 1. The molecule has 1 N–H and O–H groups in total. The minimum Gasteiger partial charge on any atom is -0.487 e. The topological polar surface area (TPSA) is 97.7 Å². The van der Waals surface area contributed by atoms with Crippen molar-refractivity contribution < 1.29 is 19.4 Å². The Balaban J connectivity index is 1.74. The molecule has 3 aromatic heterocycles. The lowest BCUT2D eigenvalue weighted by molar-refractivity contribution is -0.160. The summed E-state index contributed by atoms with van der Waals surface area (Å²) in [5.74, 6) is -0.397. The third kappa shape index (κ3) is 6.67. The first-order chi connectivity index (χ1) is 17.9. The van der Waals surface area contributed by atoms with Crippen molar-refractivity contribution in [3.05, 3.63) is 65.9 Å². The van der Waals surface area contributed by atoms with Crippen LogP contribution in [0, 0.1) is 12.3 Å². The van der Waals surface area contributed by atoms with E-state index in [9.17, 15) is 9.90 Å². The summed E-state index contributed by atoms with van der Waals surface area (Å²) in [4.78, 5) is 28.3. The van der Waals surface area contributed by atoms with Gasteiger partial charge in [0, 0.05) is 54.1 Å². The lowest BCUT2D eigenvalue weighted by Crippen LogP contribution is -2.39. The fraction of sp³-hybridized carbons (Fsp3) is 0.467. The Morgan fingerprint density at radius 2 is 1.84 bits per heavy atom. The number of piperidine rings is 1. The third-order valence-electron chi connectivity index (χ3n) is 6.82. The Morgan fingerprint density at radius 3 is 2.42 bits per heavy atom. The van der Waals surface area contributed by atoms with Crippen molar-refractivity contribution in [1.29, 1.82) is 0 Å². The molecule has 0 spiro atoms. The van der Waals surface area contributed by atoms with E-state index in [0.29, 0.717) is 29.3 Å². The predicted octanol–water partition coefficient (Wildman–Crippen LogP) is 5.99. The van der Waals surface area contributed by atoms with Crippen molar-refractivity contribution in [2.24, 2.45) is 5.41 Å². The van der Waals surface area contributed by atoms with E-state index in [-0.39, 0.29) is 5.41 Å². The Bertz CT molecular complexity index is 1240. The van der Waals surface area contributed by atoms with Crippen LogP contribution in [0.4, 0.5) is 5.69 Å². The number of hydrogen-bond acceptors (Lipinski definition) is 7. The van der Waals surface area contributed by atoms with Crippen LogP contribution in [0.15, 0.2) is 49.1 Å². The number of rotatable bonds is 8. The first kappa shape index (κ1) is 27.5. The van der Waals surface area contributed by atoms with Crippen molar-refractivity contribution in [2.45, 2.75) is 72.7 Å². The van der Waals surface area contributed by atoms with E-state index in [2.05, 4.69) is 28.7 Å². The largest absolute Gasteiger partial charge is 0.487 e. The lowest BCUT2D eigenvalue weighted by atomic mass is 9.82. The van der Waals surface area contributed by atoms with Crippen molar-refractivity contribution in [1.82, 2.24) is 15.0 Å². The van der Waals surface area contributed by atoms with Gasteiger partial charge in [0.15, 0.2) is 6.10 Å². The summed E-state index contributed by atoms with van der Waals surface area (Å²) in [6.07, 6.45) is 7.82. The number of aryl methyl sites for hydroxylation is 1. The van der Waals surface area contributed by atoms with E-state index in [1.54, 1.807) is 24.8 Å². The molecule has 1 fully saturated rings. The van der Waals surface area contributed by atoms with Crippen LogP contribution < -0.4 is 9.64 Å². The fourth-order valence-corrected chi connectivity index (χ4v) is 4.65. The maximum Gasteiger partial charge on any atom is 0.337 e. The van der Waals surface area contributed by atoms with Crippen LogP contribution >= 0.6 is 0 Å². The molecule has 3 aromatic rings. The molecule has 1 saturated heterocycles. The molecule has 0 radical (unpaired) electrons. The first-order valence-corrected chi connectivity index (χ1v) is 13.1. The second kappa shape index (κ2) is 11.1. The quantitative estimate of drug-likeness (QED) is 0.388. The molecule has 0 saturated carbocycles. The molecule has 38 heavy (non-hydrogen) atoms. The minimum atomic E-state index is -1.16. The Morgan fingerprint density at radius 1 is 1.11 bits per heavy atom. The molecule has 1 aliphatic heterocycles. The molecule has 1 aliphatic rings. The van der Waals surface area contributed by atoms with Crippen molar-refractivity contribution >= 4 is 11.7 Å². The molecule has 4 heterocycles. The zero-order valence-electron chi connectivity index (χ0n) is 23.2. The van der Waals surface area contributed by atoms with Gasteiger partial charge >= 0.3 is 5.97 Å². The number of hydrogen-bond donors (Lipinski definition) is 1. The summed E-state index contributed by atoms with van der Waals surface area (Å²) in [5, 5.41) is 10.3. The van der Waals surface area contributed by atoms with E-state index in [1.165, 1.54) is 0 Å². The van der Waals surface area contributed by atoms with Crippen LogP contribution in [0.25, 0.3) is 11.3 Å². The Kier molecular flexibility index (Phi) is 8.02. The molecule has 8 heteroatoms. The number of aliphatic carboxylic acids is 1. The second-order valence-corrected chi connectivity index (χ2v) is 11.6. The van der Waals surface area contributed by atoms with Gasteiger partial charge in [-0.25, -0.2) is 4.79 Å². The van der Waals surface area contributed by atoms with Crippen LogP contribution in [0.1, 0.15) is 70.4 Å². The molecule has 202 valence electrons. The van der Waals surface area contributed by atoms with Crippen molar-refractivity contribution in [2.75, 3.05) is 18.0 Å². The molecule has 0 bridgehead atoms. The average Bonchev–Trinajstić information content (AvgIpc) is 2.86. The summed E-state index contributed by atoms with van der Waals surface area (Å²) >= 11 is 0. The number of aromatic nitrogens is 3. The normalized spacial score (nSPS) is 16.2. The smallest absolute Gasteiger partial charge is 0.337 e. The number of carboxylic acid groups (broad SMARTS) is 1. The van der Waals surface area contributed by atoms with Gasteiger partial charge in [-0.15, -0.1) is 0 Å². The summed E-state index contributed by atoms with van der Waals surface area (Å²) in [6.45, 7) is 14.0. The molecular formula is C30H38N4O4. The van der Waals surface area contributed by atoms with Crippen LogP contribution in [-0.2, 0) is 16.1 Å². The molecular weight excluding hydrogens is 480 g/mol. The molecule has 8 nitrogen and oxygen atoms in total. The molecule has 1 atom stereocenters. The zero-order chi connectivity index (χ0) is 27.5. The van der Waals surface area contributed by atoms with Gasteiger partial charge in [-0.1, -0.05) is 19.9 Å². The van der Waals surface area contributed by atoms with Crippen LogP contribution in [-0.4, -0.2) is 44.7 Å². The third-order valence-corrected chi connectivity index (χ3v) is 6.82. The number of anilines is 1. The van der Waals surface area contributed by atoms with Crippen molar-refractivity contribution in [3.8, 4) is 17.0 Å². The van der Waals surface area contributed by atoms with E-state index in [1.807, 2.05) is 52.0 Å². The van der Waals surface area contributed by atoms with Gasteiger partial charge in [0.25, 0.3) is 0 Å². The van der Waals surface area contributed by atoms with Crippen LogP contribution in [0.5, 0.6) is 5.75 Å². The van der Waals surface area contributed by atoms with Gasteiger partial charge in [0.2, 0.25) is 0 Å². The predicted molar refractivity (Wildman–Crippen MR) is 147 cm³/mol. The molecule has 0 aliphatic carbocycles. The summed E-state index contributed by atoms with van der Waals surface area (Å²) in [6, 6.07) is 7.60. The van der Waals surface area contributed by atoms with E-state index >= 15 is 0 Å². The SMILES string of the molecule is Cc1ncc(-c2ccc(OCc3cccnc3)cn2)c(N2CCC(C)(C)CC2)c1[C@H](OC(C)(C)C)C(=O)O. The average molecular weight is 519 g/mol. The zero-order valence-corrected chi connectivity index (χ0v) is 23.2. The highest BCUT2D eigenvalue weighted by molar-refractivity contribution is 5.85. The summed E-state index contributed by atoms with van der Waals surface area (Å²) in [5.41, 5.74) is 4.10. The highest BCUT2D eigenvalue weighted by Gasteiger charge is 2.36. The Labute approximate surface area is 225 Å². The highest BCUT2D eigenvalue weighted by atomic mass is 16.5. The van der Waals surface area contributed by atoms with Crippen LogP contribution in [0.2, 0.25) is 0 Å². The number of pyridine rings is 3. The van der Waals surface area contributed by atoms with E-state index in [0.717, 1.165) is 42.7 Å². The minimum absolute atomic E-state index is 0.235. The van der Waals surface area contributed by atoms with Gasteiger partial charge < -0.3 is 19.5 Å². The van der Waals surface area contributed by atoms with E-state index < -0.39 is 17.7 Å². The van der Waals surface area contributed by atoms with Gasteiger partial charge in [-0.3, -0.25) is 15.0 Å². The maximum atomic E-state index is 12.5. The highest BCUT2D eigenvalue weighted by Crippen LogP contribution is 2.43. The summed E-state index contributed by atoms with van der Waals surface area (Å²) in [7, 11) is 0. The van der Waals surface area contributed by atoms with Crippen molar-refractivity contribution in [3.63, 3.8) is 0 Å². The van der Waals surface area contributed by atoms with E-state index in [4.69, 9.17) is 14.5 Å². The fourth-order valence-electron chi connectivity index (χ4n) is 4.65. The maximum absolute atomic E-state index is 12.5. The summed E-state index contributed by atoms with van der Waals surface area (Å²) < 4.78 is 12.0. The molecule has 0 amide bonds. The number of nitrogens with zero attached hydrogens (tertiary/aromatic N) is 4. The van der Waals surface area contributed by atoms with Crippen LogP contribution in [0.3, 0.4) is 0 Å². The number of carbonyl (C=O) groups is 1. The molecule has 0 aromatic carbocycles. The monoisotopic (exact) mass is 518 g/mol. The van der Waals surface area contributed by atoms with Gasteiger partial charge in [0.1, 0.15) is 12.4 Å².